The summed E-state index contributed by atoms with van der Waals surface area (Å²) in [6.07, 6.45) is 0. The minimum Gasteiger partial charge on any atom is -0.479 e. The third-order valence-corrected chi connectivity index (χ3v) is 7.78. The topological polar surface area (TPSA) is 205 Å². The number of amides is 3. The van der Waals surface area contributed by atoms with Crippen molar-refractivity contribution in [1.29, 1.82) is 0 Å². The Morgan fingerprint density at radius 3 is 2.64 bits per heavy atom. The van der Waals surface area contributed by atoms with E-state index in [1.165, 1.54) is 36.1 Å². The molecular formula is C19H20N6O8S3. The Bertz CT molecular complexity index is 1210. The maximum Gasteiger partial charge on any atom is 0.353 e. The molecule has 17 heteroatoms. The standard InChI is InChI=1S/C19H20N6O8S3/c1-7(15(29)24(2)3)36-9-6-34-17-12(16(30)25(17)13(9)18(31)32)22-14(28)11(23-33-4-10(26)27)8-5-35-19(20)21-8/h5,12,17H,1,4,6H2,2-3H3,(H2,20,21)(H,22,28)(H,26,27)(H,31,32)/b23-11-/t12-,17+/m1/s1. The smallest absolute Gasteiger partial charge is 0.353 e. The molecule has 0 unspecified atom stereocenters. The molecule has 0 aromatic carbocycles. The summed E-state index contributed by atoms with van der Waals surface area (Å²) in [6, 6.07) is -1.10. The van der Waals surface area contributed by atoms with Crippen LogP contribution in [0.2, 0.25) is 0 Å². The van der Waals surface area contributed by atoms with Gasteiger partial charge in [0.25, 0.3) is 17.7 Å². The summed E-state index contributed by atoms with van der Waals surface area (Å²) in [5, 5.41) is 25.3. The number of aromatic nitrogens is 1. The molecule has 36 heavy (non-hydrogen) atoms. The van der Waals surface area contributed by atoms with E-state index in [4.69, 9.17) is 10.8 Å². The predicted octanol–water partition coefficient (Wildman–Crippen LogP) is -0.438. The van der Waals surface area contributed by atoms with E-state index >= 15 is 0 Å². The monoisotopic (exact) mass is 556 g/mol. The lowest BCUT2D eigenvalue weighted by molar-refractivity contribution is -0.150. The van der Waals surface area contributed by atoms with Crippen LogP contribution in [-0.4, -0.2) is 98.2 Å². The quantitative estimate of drug-likeness (QED) is 0.125. The number of carboxylic acids is 2. The molecule has 1 aromatic rings. The number of nitrogens with two attached hydrogens (primary N) is 1. The van der Waals surface area contributed by atoms with Crippen molar-refractivity contribution in [3.8, 4) is 0 Å². The van der Waals surface area contributed by atoms with Crippen molar-refractivity contribution in [3.63, 3.8) is 0 Å². The van der Waals surface area contributed by atoms with Gasteiger partial charge in [-0.25, -0.2) is 14.6 Å². The highest BCUT2D eigenvalue weighted by molar-refractivity contribution is 8.09. The van der Waals surface area contributed by atoms with Gasteiger partial charge in [0, 0.05) is 30.1 Å². The van der Waals surface area contributed by atoms with E-state index in [9.17, 15) is 29.1 Å². The molecule has 3 heterocycles. The summed E-state index contributed by atoms with van der Waals surface area (Å²) in [7, 11) is 3.06. The molecule has 192 valence electrons. The molecule has 0 bridgehead atoms. The molecular weight excluding hydrogens is 536 g/mol. The fraction of sp³-hybridized carbons (Fsp3) is 0.316. The highest BCUT2D eigenvalue weighted by Gasteiger charge is 2.54. The highest BCUT2D eigenvalue weighted by Crippen LogP contribution is 2.45. The number of β-lactam (4-membered cyclic amide) rings is 1. The Morgan fingerprint density at radius 1 is 1.39 bits per heavy atom. The predicted molar refractivity (Wildman–Crippen MR) is 132 cm³/mol. The zero-order valence-corrected chi connectivity index (χ0v) is 21.2. The number of anilines is 1. The fourth-order valence-corrected chi connectivity index (χ4v) is 6.10. The van der Waals surface area contributed by atoms with Gasteiger partial charge < -0.3 is 31.0 Å². The number of nitrogen functional groups attached to an aromatic ring is 1. The second-order valence-electron chi connectivity index (χ2n) is 7.34. The Hall–Kier alpha value is -3.57. The number of rotatable bonds is 10. The molecule has 3 rings (SSSR count). The number of carbonyl (C=O) groups is 5. The van der Waals surface area contributed by atoms with Crippen molar-refractivity contribution in [2.75, 3.05) is 32.2 Å². The van der Waals surface area contributed by atoms with Crippen molar-refractivity contribution in [1.82, 2.24) is 20.1 Å². The maximum atomic E-state index is 12.9. The highest BCUT2D eigenvalue weighted by atomic mass is 32.2. The van der Waals surface area contributed by atoms with E-state index in [0.29, 0.717) is 0 Å². The van der Waals surface area contributed by atoms with E-state index in [0.717, 1.165) is 28.0 Å². The van der Waals surface area contributed by atoms with E-state index in [-0.39, 0.29) is 32.1 Å². The normalized spacial score (nSPS) is 19.2. The summed E-state index contributed by atoms with van der Waals surface area (Å²) < 4.78 is 0. The zero-order valence-electron chi connectivity index (χ0n) is 18.8. The van der Waals surface area contributed by atoms with E-state index in [2.05, 4.69) is 26.9 Å². The number of nitrogens with one attached hydrogen (secondary N) is 1. The molecule has 1 fully saturated rings. The van der Waals surface area contributed by atoms with Gasteiger partial charge in [-0.3, -0.25) is 19.3 Å². The first kappa shape index (κ1) is 27.0. The first-order chi connectivity index (χ1) is 16.9. The van der Waals surface area contributed by atoms with Crippen LogP contribution in [0.1, 0.15) is 5.69 Å². The van der Waals surface area contributed by atoms with Gasteiger partial charge in [-0.2, -0.15) is 0 Å². The molecule has 1 saturated heterocycles. The van der Waals surface area contributed by atoms with Crippen LogP contribution in [0, 0.1) is 0 Å². The van der Waals surface area contributed by atoms with Crippen molar-refractivity contribution < 1.29 is 39.0 Å². The third kappa shape index (κ3) is 5.63. The minimum atomic E-state index is -1.37. The van der Waals surface area contributed by atoms with Crippen LogP contribution in [0.3, 0.4) is 0 Å². The lowest BCUT2D eigenvalue weighted by atomic mass is 10.0. The van der Waals surface area contributed by atoms with E-state index in [1.807, 2.05) is 0 Å². The summed E-state index contributed by atoms with van der Waals surface area (Å²) >= 11 is 3.07. The Morgan fingerprint density at radius 2 is 2.08 bits per heavy atom. The Balaban J connectivity index is 1.79. The largest absolute Gasteiger partial charge is 0.479 e. The van der Waals surface area contributed by atoms with Gasteiger partial charge in [0.1, 0.15) is 22.8 Å². The first-order valence-electron chi connectivity index (χ1n) is 9.85. The molecule has 14 nitrogen and oxygen atoms in total. The van der Waals surface area contributed by atoms with Crippen LogP contribution in [0.5, 0.6) is 0 Å². The molecule has 2 aliphatic heterocycles. The summed E-state index contributed by atoms with van der Waals surface area (Å²) in [4.78, 5) is 71.9. The molecule has 5 N–H and O–H groups in total. The average molecular weight is 557 g/mol. The number of nitrogens with zero attached hydrogens (tertiary/aromatic N) is 4. The van der Waals surface area contributed by atoms with Gasteiger partial charge in [0.2, 0.25) is 6.61 Å². The number of carbonyl (C=O) groups excluding carboxylic acids is 3. The third-order valence-electron chi connectivity index (χ3n) is 4.64. The summed E-state index contributed by atoms with van der Waals surface area (Å²) in [5.74, 6) is -4.52. The lowest BCUT2D eigenvalue weighted by Crippen LogP contribution is -2.71. The number of oxime groups is 1. The van der Waals surface area contributed by atoms with Crippen LogP contribution in [0.25, 0.3) is 0 Å². The van der Waals surface area contributed by atoms with Crippen molar-refractivity contribution in [2.24, 2.45) is 5.16 Å². The summed E-state index contributed by atoms with van der Waals surface area (Å²) in [6.45, 7) is 2.86. The van der Waals surface area contributed by atoms with E-state index in [1.54, 1.807) is 0 Å². The van der Waals surface area contributed by atoms with Gasteiger partial charge in [-0.1, -0.05) is 23.5 Å². The number of fused-ring (bicyclic) bond motifs is 1. The zero-order chi connectivity index (χ0) is 26.7. The number of aliphatic carboxylic acids is 2. The molecule has 2 atom stereocenters. The SMILES string of the molecule is C=C(SC1=C(C(=O)O)N2C(=O)[C@@H](NC(=O)/C(=N\OCC(=O)O)c3csc(N)n3)[C@@H]2SC1)C(=O)N(C)C. The summed E-state index contributed by atoms with van der Waals surface area (Å²) in [5.41, 5.74) is 4.91. The molecule has 0 spiro atoms. The number of thioether (sulfide) groups is 2. The van der Waals surface area contributed by atoms with Gasteiger partial charge in [-0.15, -0.1) is 23.1 Å². The molecule has 1 aromatic heterocycles. The first-order valence-corrected chi connectivity index (χ1v) is 12.6. The van der Waals surface area contributed by atoms with Gasteiger partial charge in [0.15, 0.2) is 10.8 Å². The molecule has 2 aliphatic rings. The number of likely N-dealkylation sites (N-methyl/N-ethyl adjacent to an activating group) is 1. The van der Waals surface area contributed by atoms with Crippen LogP contribution in [0.15, 0.2) is 32.6 Å². The number of hydrogen-bond donors (Lipinski definition) is 4. The minimum absolute atomic E-state index is 0.00851. The maximum absolute atomic E-state index is 12.9. The lowest BCUT2D eigenvalue weighted by Gasteiger charge is -2.49. The average Bonchev–Trinajstić information content (AvgIpc) is 3.24. The number of thiazole rings is 1. The molecule has 0 aliphatic carbocycles. The second-order valence-corrected chi connectivity index (χ2v) is 10.5. The van der Waals surface area contributed by atoms with Crippen LogP contribution < -0.4 is 11.1 Å². The molecule has 0 saturated carbocycles. The van der Waals surface area contributed by atoms with Crippen molar-refractivity contribution in [2.45, 2.75) is 11.4 Å². The van der Waals surface area contributed by atoms with Gasteiger partial charge in [0.05, 0.1) is 4.91 Å². The van der Waals surface area contributed by atoms with E-state index < -0.39 is 53.4 Å². The second kappa shape index (κ2) is 11.0. The van der Waals surface area contributed by atoms with Crippen molar-refractivity contribution >= 4 is 75.4 Å². The van der Waals surface area contributed by atoms with Crippen LogP contribution >= 0.6 is 34.9 Å². The Labute approximate surface area is 216 Å². The Kier molecular flexibility index (Phi) is 8.26. The van der Waals surface area contributed by atoms with Crippen LogP contribution in [-0.2, 0) is 28.8 Å². The fourth-order valence-electron chi connectivity index (χ4n) is 3.07. The number of carboxylic acid groups (broad SMARTS) is 2. The number of hydrogen-bond acceptors (Lipinski definition) is 12. The molecule has 0 radical (unpaired) electrons. The van der Waals surface area contributed by atoms with Crippen LogP contribution in [0.4, 0.5) is 5.13 Å². The molecule has 3 amide bonds. The van der Waals surface area contributed by atoms with Gasteiger partial charge >= 0.3 is 11.9 Å². The van der Waals surface area contributed by atoms with Crippen molar-refractivity contribution in [3.05, 3.63) is 33.2 Å². The van der Waals surface area contributed by atoms with Gasteiger partial charge in [-0.05, 0) is 0 Å².